The predicted octanol–water partition coefficient (Wildman–Crippen LogP) is 4.66. The van der Waals surface area contributed by atoms with E-state index in [-0.39, 0.29) is 17.4 Å². The number of thiazole rings is 1. The molecule has 1 fully saturated rings. The molecule has 7 heteroatoms. The summed E-state index contributed by atoms with van der Waals surface area (Å²) in [5.74, 6) is -0.810. The highest BCUT2D eigenvalue weighted by atomic mass is 32.1. The molecule has 1 N–H and O–H groups in total. The lowest BCUT2D eigenvalue weighted by Gasteiger charge is -2.23. The molecule has 0 aliphatic carbocycles. The van der Waals surface area contributed by atoms with Crippen molar-refractivity contribution in [3.63, 3.8) is 0 Å². The van der Waals surface area contributed by atoms with Crippen LogP contribution in [0.5, 0.6) is 5.75 Å². The summed E-state index contributed by atoms with van der Waals surface area (Å²) in [6, 6.07) is 12.4. The number of carbonyl (C=O) groups is 2. The zero-order valence-corrected chi connectivity index (χ0v) is 18.6. The van der Waals surface area contributed by atoms with Gasteiger partial charge >= 0.3 is 5.91 Å². The van der Waals surface area contributed by atoms with E-state index in [2.05, 4.69) is 11.9 Å². The molecule has 5 rings (SSSR count). The molecule has 6 nitrogen and oxygen atoms in total. The Morgan fingerprint density at radius 2 is 2.00 bits per heavy atom. The third-order valence-corrected chi connectivity index (χ3v) is 6.71. The molecule has 2 aliphatic heterocycles. The first-order chi connectivity index (χ1) is 15.5. The zero-order valence-electron chi connectivity index (χ0n) is 17.7. The Bertz CT molecular complexity index is 1230. The van der Waals surface area contributed by atoms with E-state index in [1.54, 1.807) is 23.7 Å². The zero-order chi connectivity index (χ0) is 22.4. The van der Waals surface area contributed by atoms with Gasteiger partial charge in [0.15, 0.2) is 5.13 Å². The van der Waals surface area contributed by atoms with Crippen molar-refractivity contribution in [3.8, 4) is 5.75 Å². The molecular weight excluding hydrogens is 424 g/mol. The Balaban J connectivity index is 1.67. The minimum absolute atomic E-state index is 0.0648. The molecule has 2 aromatic carbocycles. The molecule has 0 radical (unpaired) electrons. The molecule has 162 valence electrons. The fourth-order valence-electron chi connectivity index (χ4n) is 4.34. The first-order valence-electron chi connectivity index (χ1n) is 10.6. The highest BCUT2D eigenvalue weighted by Crippen LogP contribution is 2.43. The van der Waals surface area contributed by atoms with Crippen molar-refractivity contribution in [2.24, 2.45) is 0 Å². The number of ether oxygens (including phenoxy) is 1. The van der Waals surface area contributed by atoms with Crippen LogP contribution in [0.1, 0.15) is 42.1 Å². The van der Waals surface area contributed by atoms with Gasteiger partial charge in [-0.15, -0.1) is 11.3 Å². The number of hydrogen-bond donors (Lipinski definition) is 1. The Kier molecular flexibility index (Phi) is 5.06. The number of nitrogens with zero attached hydrogens (tertiary/aromatic N) is 2. The van der Waals surface area contributed by atoms with Crippen LogP contribution in [0.3, 0.4) is 0 Å². The van der Waals surface area contributed by atoms with Gasteiger partial charge < -0.3 is 9.84 Å². The smallest absolute Gasteiger partial charge is 0.301 e. The summed E-state index contributed by atoms with van der Waals surface area (Å²) in [5.41, 5.74) is 3.43. The highest BCUT2D eigenvalue weighted by molar-refractivity contribution is 7.14. The number of rotatable bonds is 4. The van der Waals surface area contributed by atoms with Gasteiger partial charge in [0, 0.05) is 23.6 Å². The Morgan fingerprint density at radius 1 is 1.22 bits per heavy atom. The van der Waals surface area contributed by atoms with E-state index < -0.39 is 17.7 Å². The molecule has 0 saturated carbocycles. The molecule has 0 spiro atoms. The van der Waals surface area contributed by atoms with Crippen LogP contribution in [-0.4, -0.2) is 27.9 Å². The molecule has 2 unspecified atom stereocenters. The van der Waals surface area contributed by atoms with Gasteiger partial charge in [0.2, 0.25) is 0 Å². The standard InChI is InChI=1S/C25H22N2O4S/c1-3-15-4-6-16(7-5-15)21-20(23(29)24(30)27(21)25-26-10-11-32-25)22(28)17-8-9-19-18(13-17)12-14(2)31-19/h4-11,13-14,21,28H,3,12H2,1-2H3/b22-20-. The lowest BCUT2D eigenvalue weighted by molar-refractivity contribution is -0.132. The number of aryl methyl sites for hydroxylation is 1. The number of anilines is 1. The van der Waals surface area contributed by atoms with Gasteiger partial charge in [-0.25, -0.2) is 4.98 Å². The topological polar surface area (TPSA) is 79.7 Å². The summed E-state index contributed by atoms with van der Waals surface area (Å²) in [6.07, 6.45) is 3.27. The highest BCUT2D eigenvalue weighted by Gasteiger charge is 2.48. The molecule has 0 bridgehead atoms. The number of aromatic nitrogens is 1. The van der Waals surface area contributed by atoms with Crippen LogP contribution in [0, 0.1) is 0 Å². The van der Waals surface area contributed by atoms with Gasteiger partial charge in [-0.2, -0.15) is 0 Å². The Morgan fingerprint density at radius 3 is 2.69 bits per heavy atom. The number of Topliss-reactive ketones (excluding diaryl/α,β-unsaturated/α-hetero) is 1. The number of aliphatic hydroxyl groups is 1. The molecule has 1 amide bonds. The first kappa shape index (κ1) is 20.5. The minimum atomic E-state index is -0.754. The fourth-order valence-corrected chi connectivity index (χ4v) is 5.01. The van der Waals surface area contributed by atoms with Crippen molar-refractivity contribution in [2.45, 2.75) is 38.8 Å². The van der Waals surface area contributed by atoms with Crippen molar-refractivity contribution in [1.29, 1.82) is 0 Å². The van der Waals surface area contributed by atoms with Crippen LogP contribution >= 0.6 is 11.3 Å². The maximum atomic E-state index is 13.2. The first-order valence-corrected chi connectivity index (χ1v) is 11.4. The average molecular weight is 447 g/mol. The third kappa shape index (κ3) is 3.29. The number of carbonyl (C=O) groups excluding carboxylic acids is 2. The number of aliphatic hydroxyl groups excluding tert-OH is 1. The van der Waals surface area contributed by atoms with Gasteiger partial charge in [0.25, 0.3) is 5.78 Å². The van der Waals surface area contributed by atoms with E-state index in [1.165, 1.54) is 16.2 Å². The van der Waals surface area contributed by atoms with E-state index in [0.29, 0.717) is 10.7 Å². The molecule has 32 heavy (non-hydrogen) atoms. The molecule has 2 atom stereocenters. The van der Waals surface area contributed by atoms with E-state index in [9.17, 15) is 14.7 Å². The lowest BCUT2D eigenvalue weighted by Crippen LogP contribution is -2.29. The van der Waals surface area contributed by atoms with Crippen molar-refractivity contribution in [1.82, 2.24) is 4.98 Å². The third-order valence-electron chi connectivity index (χ3n) is 5.94. The second-order valence-electron chi connectivity index (χ2n) is 8.03. The number of benzene rings is 2. The van der Waals surface area contributed by atoms with Gasteiger partial charge in [0.05, 0.1) is 11.6 Å². The quantitative estimate of drug-likeness (QED) is 0.358. The maximum Gasteiger partial charge on any atom is 0.301 e. The largest absolute Gasteiger partial charge is 0.507 e. The van der Waals surface area contributed by atoms with Gasteiger partial charge in [-0.3, -0.25) is 14.5 Å². The molecule has 3 aromatic rings. The lowest BCUT2D eigenvalue weighted by atomic mass is 9.94. The van der Waals surface area contributed by atoms with Crippen molar-refractivity contribution in [3.05, 3.63) is 81.9 Å². The molecule has 3 heterocycles. The van der Waals surface area contributed by atoms with E-state index in [4.69, 9.17) is 4.74 Å². The van der Waals surface area contributed by atoms with Crippen LogP contribution in [0.2, 0.25) is 0 Å². The number of ketones is 1. The SMILES string of the molecule is CCc1ccc(C2/C(=C(/O)c3ccc4c(c3)CC(C)O4)C(=O)C(=O)N2c2nccs2)cc1. The van der Waals surface area contributed by atoms with Crippen LogP contribution in [-0.2, 0) is 22.4 Å². The fraction of sp³-hybridized carbons (Fsp3) is 0.240. The summed E-state index contributed by atoms with van der Waals surface area (Å²) in [7, 11) is 0. The molecule has 2 aliphatic rings. The van der Waals surface area contributed by atoms with Crippen molar-refractivity contribution < 1.29 is 19.4 Å². The summed E-state index contributed by atoms with van der Waals surface area (Å²) >= 11 is 1.28. The number of hydrogen-bond acceptors (Lipinski definition) is 6. The summed E-state index contributed by atoms with van der Waals surface area (Å²) in [6.45, 7) is 4.05. The summed E-state index contributed by atoms with van der Waals surface area (Å²) in [4.78, 5) is 31.9. The Hall–Kier alpha value is -3.45. The maximum absolute atomic E-state index is 13.2. The van der Waals surface area contributed by atoms with Crippen LogP contribution in [0.15, 0.2) is 59.6 Å². The van der Waals surface area contributed by atoms with Crippen molar-refractivity contribution >= 4 is 33.9 Å². The number of fused-ring (bicyclic) bond motifs is 1. The molecule has 1 saturated heterocycles. The minimum Gasteiger partial charge on any atom is -0.507 e. The van der Waals surface area contributed by atoms with Crippen LogP contribution in [0.25, 0.3) is 5.76 Å². The van der Waals surface area contributed by atoms with Crippen LogP contribution in [0.4, 0.5) is 5.13 Å². The second-order valence-corrected chi connectivity index (χ2v) is 8.91. The van der Waals surface area contributed by atoms with Gasteiger partial charge in [0.1, 0.15) is 17.6 Å². The van der Waals surface area contributed by atoms with E-state index >= 15 is 0 Å². The van der Waals surface area contributed by atoms with E-state index in [0.717, 1.165) is 35.3 Å². The monoisotopic (exact) mass is 446 g/mol. The van der Waals surface area contributed by atoms with Gasteiger partial charge in [-0.05, 0) is 48.2 Å². The molecule has 1 aromatic heterocycles. The summed E-state index contributed by atoms with van der Waals surface area (Å²) in [5, 5.41) is 13.5. The predicted molar refractivity (Wildman–Crippen MR) is 123 cm³/mol. The molecular formula is C25H22N2O4S. The summed E-state index contributed by atoms with van der Waals surface area (Å²) < 4.78 is 5.75. The van der Waals surface area contributed by atoms with Gasteiger partial charge in [-0.1, -0.05) is 31.2 Å². The normalized spacial score (nSPS) is 21.6. The van der Waals surface area contributed by atoms with E-state index in [1.807, 2.05) is 37.3 Å². The second kappa shape index (κ2) is 7.91. The Labute approximate surface area is 189 Å². The number of amides is 1. The van der Waals surface area contributed by atoms with Crippen molar-refractivity contribution in [2.75, 3.05) is 4.90 Å². The average Bonchev–Trinajstić information content (AvgIpc) is 3.51. The van der Waals surface area contributed by atoms with Crippen LogP contribution < -0.4 is 9.64 Å².